The van der Waals surface area contributed by atoms with E-state index in [-0.39, 0.29) is 12.2 Å². The zero-order valence-corrected chi connectivity index (χ0v) is 22.0. The number of benzene rings is 2. The number of rotatable bonds is 9. The van der Waals surface area contributed by atoms with E-state index in [2.05, 4.69) is 11.6 Å². The molecule has 0 radical (unpaired) electrons. The van der Waals surface area contributed by atoms with E-state index in [1.54, 1.807) is 51.3 Å². The average Bonchev–Trinajstić information content (AvgIpc) is 3.21. The van der Waals surface area contributed by atoms with Gasteiger partial charge in [-0.25, -0.2) is 9.79 Å². The van der Waals surface area contributed by atoms with Crippen molar-refractivity contribution in [2.75, 3.05) is 27.4 Å². The number of allylic oxidation sites excluding steroid dienone is 1. The molecule has 3 aromatic rings. The van der Waals surface area contributed by atoms with Crippen molar-refractivity contribution >= 4 is 23.4 Å². The minimum atomic E-state index is -0.760. The van der Waals surface area contributed by atoms with Gasteiger partial charge in [-0.1, -0.05) is 48.3 Å². The summed E-state index contributed by atoms with van der Waals surface area (Å²) in [7, 11) is 3.08. The topological polar surface area (TPSA) is 88.3 Å². The molecule has 0 spiro atoms. The summed E-state index contributed by atoms with van der Waals surface area (Å²) >= 11 is 1.25. The predicted molar refractivity (Wildman–Crippen MR) is 142 cm³/mol. The van der Waals surface area contributed by atoms with Crippen molar-refractivity contribution in [3.63, 3.8) is 0 Å². The minimum Gasteiger partial charge on any atom is -0.493 e. The smallest absolute Gasteiger partial charge is 0.338 e. The highest BCUT2D eigenvalue weighted by Crippen LogP contribution is 2.36. The van der Waals surface area contributed by atoms with Gasteiger partial charge in [-0.05, 0) is 43.7 Å². The molecule has 2 aromatic carbocycles. The first-order valence-corrected chi connectivity index (χ1v) is 12.5. The molecular formula is C28H28N2O6S. The molecule has 1 aliphatic rings. The van der Waals surface area contributed by atoms with Crippen molar-refractivity contribution < 1.29 is 23.7 Å². The van der Waals surface area contributed by atoms with E-state index >= 15 is 0 Å². The maximum atomic E-state index is 13.8. The Morgan fingerprint density at radius 3 is 2.59 bits per heavy atom. The van der Waals surface area contributed by atoms with E-state index in [4.69, 9.17) is 18.9 Å². The number of ether oxygens (including phenoxy) is 4. The molecule has 1 aromatic heterocycles. The van der Waals surface area contributed by atoms with Crippen LogP contribution in [0.3, 0.4) is 0 Å². The lowest BCUT2D eigenvalue weighted by molar-refractivity contribution is -0.139. The maximum Gasteiger partial charge on any atom is 0.338 e. The van der Waals surface area contributed by atoms with E-state index in [9.17, 15) is 9.59 Å². The zero-order valence-electron chi connectivity index (χ0n) is 21.1. The molecule has 0 fully saturated rings. The Morgan fingerprint density at radius 2 is 1.89 bits per heavy atom. The Bertz CT molecular complexity index is 1550. The van der Waals surface area contributed by atoms with Gasteiger partial charge in [-0.2, -0.15) is 0 Å². The normalized spacial score (nSPS) is 15.0. The van der Waals surface area contributed by atoms with Gasteiger partial charge in [0.05, 0.1) is 42.7 Å². The summed E-state index contributed by atoms with van der Waals surface area (Å²) in [6.07, 6.45) is 3.44. The molecule has 1 unspecified atom stereocenters. The fourth-order valence-corrected chi connectivity index (χ4v) is 5.19. The van der Waals surface area contributed by atoms with Crippen LogP contribution in [0.25, 0.3) is 6.08 Å². The lowest BCUT2D eigenvalue weighted by atomic mass is 9.95. The number of hydrogen-bond acceptors (Lipinski definition) is 8. The zero-order chi connectivity index (χ0) is 26.5. The number of fused-ring (bicyclic) bond motifs is 1. The Kier molecular flexibility index (Phi) is 7.93. The van der Waals surface area contributed by atoms with Crippen molar-refractivity contribution in [3.05, 3.63) is 97.2 Å². The highest BCUT2D eigenvalue weighted by atomic mass is 32.1. The molecule has 37 heavy (non-hydrogen) atoms. The Hall–Kier alpha value is -4.11. The Morgan fingerprint density at radius 1 is 1.14 bits per heavy atom. The highest BCUT2D eigenvalue weighted by molar-refractivity contribution is 7.07. The lowest BCUT2D eigenvalue weighted by Crippen LogP contribution is -2.40. The van der Waals surface area contributed by atoms with Crippen LogP contribution in [0.2, 0.25) is 0 Å². The molecule has 8 nitrogen and oxygen atoms in total. The number of nitrogens with zero attached hydrogens (tertiary/aromatic N) is 2. The van der Waals surface area contributed by atoms with E-state index in [0.717, 1.165) is 5.56 Å². The van der Waals surface area contributed by atoms with Gasteiger partial charge in [0, 0.05) is 5.56 Å². The van der Waals surface area contributed by atoms with E-state index in [0.29, 0.717) is 50.0 Å². The van der Waals surface area contributed by atoms with Crippen LogP contribution in [0, 0.1) is 0 Å². The monoisotopic (exact) mass is 520 g/mol. The molecule has 192 valence electrons. The molecule has 0 saturated heterocycles. The van der Waals surface area contributed by atoms with Crippen molar-refractivity contribution in [1.82, 2.24) is 4.57 Å². The summed E-state index contributed by atoms with van der Waals surface area (Å²) in [6, 6.07) is 12.0. The van der Waals surface area contributed by atoms with Gasteiger partial charge >= 0.3 is 5.97 Å². The van der Waals surface area contributed by atoms with Crippen LogP contribution in [0.1, 0.15) is 31.0 Å². The third-order valence-electron chi connectivity index (χ3n) is 5.80. The number of methoxy groups -OCH3 is 2. The fraction of sp³-hybridized carbons (Fsp3) is 0.250. The molecule has 0 saturated carbocycles. The lowest BCUT2D eigenvalue weighted by Gasteiger charge is -2.25. The van der Waals surface area contributed by atoms with E-state index < -0.39 is 12.0 Å². The van der Waals surface area contributed by atoms with Gasteiger partial charge in [0.25, 0.3) is 5.56 Å². The number of para-hydroxylation sites is 1. The summed E-state index contributed by atoms with van der Waals surface area (Å²) in [5.41, 5.74) is 1.91. The van der Waals surface area contributed by atoms with Crippen LogP contribution in [0.5, 0.6) is 17.2 Å². The third-order valence-corrected chi connectivity index (χ3v) is 6.79. The van der Waals surface area contributed by atoms with Gasteiger partial charge in [0.1, 0.15) is 12.4 Å². The molecular weight excluding hydrogens is 492 g/mol. The first-order valence-electron chi connectivity index (χ1n) is 11.7. The summed E-state index contributed by atoms with van der Waals surface area (Å²) < 4.78 is 24.0. The van der Waals surface area contributed by atoms with Crippen LogP contribution in [-0.2, 0) is 9.53 Å². The summed E-state index contributed by atoms with van der Waals surface area (Å²) in [5.74, 6) is 1.12. The molecule has 0 aliphatic carbocycles. The second-order valence-electron chi connectivity index (χ2n) is 8.05. The maximum absolute atomic E-state index is 13.8. The van der Waals surface area contributed by atoms with Crippen molar-refractivity contribution in [1.29, 1.82) is 0 Å². The first-order chi connectivity index (χ1) is 17.9. The number of esters is 1. The van der Waals surface area contributed by atoms with Crippen LogP contribution in [-0.4, -0.2) is 38.0 Å². The molecule has 1 aliphatic heterocycles. The number of thiazole rings is 1. The quantitative estimate of drug-likeness (QED) is 0.318. The van der Waals surface area contributed by atoms with E-state index in [1.807, 2.05) is 24.3 Å². The van der Waals surface area contributed by atoms with Crippen molar-refractivity contribution in [3.8, 4) is 17.2 Å². The van der Waals surface area contributed by atoms with Gasteiger partial charge in [0.2, 0.25) is 0 Å². The summed E-state index contributed by atoms with van der Waals surface area (Å²) in [6.45, 7) is 7.71. The molecule has 0 bridgehead atoms. The van der Waals surface area contributed by atoms with Crippen molar-refractivity contribution in [2.45, 2.75) is 19.9 Å². The van der Waals surface area contributed by atoms with Crippen LogP contribution < -0.4 is 29.1 Å². The first kappa shape index (κ1) is 26.0. The van der Waals surface area contributed by atoms with Crippen LogP contribution >= 0.6 is 11.3 Å². The summed E-state index contributed by atoms with van der Waals surface area (Å²) in [4.78, 5) is 32.0. The SMILES string of the molecule is C=CCOc1ccccc1C=c1sc2n(c1=O)C(c1ccc(OC)c(OC)c1)C(C(=O)OCC)=C(C)N=2. The van der Waals surface area contributed by atoms with Gasteiger partial charge in [-0.15, -0.1) is 0 Å². The predicted octanol–water partition coefficient (Wildman–Crippen LogP) is 3.38. The Labute approximate surface area is 218 Å². The number of carbonyl (C=O) groups is 1. The number of carbonyl (C=O) groups excluding carboxylic acids is 1. The molecule has 1 atom stereocenters. The standard InChI is InChI=1S/C28H28N2O6S/c1-6-14-36-20-11-9-8-10-18(20)16-23-26(31)30-25(19-12-13-21(33-4)22(15-19)34-5)24(27(32)35-7-2)17(3)29-28(30)37-23/h6,8-13,15-16,25H,1,7,14H2,2-5H3. The number of hydrogen-bond donors (Lipinski definition) is 0. The largest absolute Gasteiger partial charge is 0.493 e. The summed E-state index contributed by atoms with van der Waals surface area (Å²) in [5, 5.41) is 0. The number of aromatic nitrogens is 1. The van der Waals surface area contributed by atoms with E-state index in [1.165, 1.54) is 23.0 Å². The molecule has 9 heteroatoms. The van der Waals surface area contributed by atoms with Crippen LogP contribution in [0.15, 0.2) is 76.2 Å². The molecule has 4 rings (SSSR count). The Balaban J connectivity index is 1.95. The third kappa shape index (κ3) is 5.08. The molecule has 0 amide bonds. The van der Waals surface area contributed by atoms with Crippen LogP contribution in [0.4, 0.5) is 0 Å². The van der Waals surface area contributed by atoms with Gasteiger partial charge in [-0.3, -0.25) is 9.36 Å². The van der Waals surface area contributed by atoms with Gasteiger partial charge in [0.15, 0.2) is 16.3 Å². The minimum absolute atomic E-state index is 0.195. The fourth-order valence-electron chi connectivity index (χ4n) is 4.15. The van der Waals surface area contributed by atoms with Crippen molar-refractivity contribution in [2.24, 2.45) is 4.99 Å². The highest BCUT2D eigenvalue weighted by Gasteiger charge is 2.34. The second kappa shape index (κ2) is 11.3. The molecule has 0 N–H and O–H groups in total. The molecule has 2 heterocycles. The second-order valence-corrected chi connectivity index (χ2v) is 9.06. The average molecular weight is 521 g/mol. The van der Waals surface area contributed by atoms with Gasteiger partial charge < -0.3 is 18.9 Å².